The number of ether oxygens (including phenoxy) is 1. The number of nitriles is 1. The summed E-state index contributed by atoms with van der Waals surface area (Å²) in [4.78, 5) is 10.5. The van der Waals surface area contributed by atoms with Gasteiger partial charge in [-0.2, -0.15) is 5.26 Å². The van der Waals surface area contributed by atoms with Gasteiger partial charge in [-0.15, -0.1) is 0 Å². The first-order valence-corrected chi connectivity index (χ1v) is 7.40. The Kier molecular flexibility index (Phi) is 4.13. The van der Waals surface area contributed by atoms with E-state index in [0.29, 0.717) is 12.3 Å². The Morgan fingerprint density at radius 3 is 2.95 bits per heavy atom. The fraction of sp³-hybridized carbons (Fsp3) is 0.267. The lowest BCUT2D eigenvalue weighted by Crippen LogP contribution is -2.38. The predicted molar refractivity (Wildman–Crippen MR) is 81.8 cm³/mol. The highest BCUT2D eigenvalue weighted by atomic mass is 79.9. The van der Waals surface area contributed by atoms with Crippen LogP contribution in [0.1, 0.15) is 17.4 Å². The molecule has 0 spiro atoms. The zero-order valence-corrected chi connectivity index (χ0v) is 12.8. The largest absolute Gasteiger partial charge is 0.370 e. The van der Waals surface area contributed by atoms with Gasteiger partial charge in [-0.1, -0.05) is 28.1 Å². The maximum absolute atomic E-state index is 8.76. The SMILES string of the molecule is N#Cc1cnc(N2CCOC(c3cccc(Br)c3)C2)cn1. The first-order chi connectivity index (χ1) is 10.3. The first-order valence-electron chi connectivity index (χ1n) is 6.60. The molecule has 0 amide bonds. The summed E-state index contributed by atoms with van der Waals surface area (Å²) in [6.07, 6.45) is 3.15. The van der Waals surface area contributed by atoms with Crippen molar-refractivity contribution < 1.29 is 4.74 Å². The summed E-state index contributed by atoms with van der Waals surface area (Å²) in [5.41, 5.74) is 1.46. The van der Waals surface area contributed by atoms with Crippen molar-refractivity contribution in [3.63, 3.8) is 0 Å². The predicted octanol–water partition coefficient (Wildman–Crippen LogP) is 2.69. The van der Waals surface area contributed by atoms with Crippen molar-refractivity contribution in [3.8, 4) is 6.07 Å². The normalized spacial score (nSPS) is 18.3. The van der Waals surface area contributed by atoms with Crippen LogP contribution >= 0.6 is 15.9 Å². The van der Waals surface area contributed by atoms with E-state index in [4.69, 9.17) is 10.00 Å². The Morgan fingerprint density at radius 2 is 2.24 bits per heavy atom. The van der Waals surface area contributed by atoms with E-state index in [-0.39, 0.29) is 6.10 Å². The summed E-state index contributed by atoms with van der Waals surface area (Å²) in [5.74, 6) is 0.775. The molecule has 0 aliphatic carbocycles. The van der Waals surface area contributed by atoms with Crippen molar-refractivity contribution in [3.05, 3.63) is 52.4 Å². The fourth-order valence-electron chi connectivity index (χ4n) is 2.31. The summed E-state index contributed by atoms with van der Waals surface area (Å²) >= 11 is 3.48. The van der Waals surface area contributed by atoms with Crippen LogP contribution in [-0.2, 0) is 4.74 Å². The van der Waals surface area contributed by atoms with E-state index < -0.39 is 0 Å². The zero-order chi connectivity index (χ0) is 14.7. The van der Waals surface area contributed by atoms with Gasteiger partial charge in [0.05, 0.1) is 19.0 Å². The number of halogens is 1. The maximum atomic E-state index is 8.76. The monoisotopic (exact) mass is 344 g/mol. The van der Waals surface area contributed by atoms with Crippen molar-refractivity contribution in [2.75, 3.05) is 24.6 Å². The van der Waals surface area contributed by atoms with Crippen molar-refractivity contribution in [2.45, 2.75) is 6.10 Å². The summed E-state index contributed by atoms with van der Waals surface area (Å²) in [6.45, 7) is 2.13. The molecule has 2 heterocycles. The number of morpholine rings is 1. The third-order valence-electron chi connectivity index (χ3n) is 3.36. The summed E-state index contributed by atoms with van der Waals surface area (Å²) in [6, 6.07) is 10.1. The number of anilines is 1. The van der Waals surface area contributed by atoms with Crippen LogP contribution in [0.3, 0.4) is 0 Å². The highest BCUT2D eigenvalue weighted by Crippen LogP contribution is 2.26. The van der Waals surface area contributed by atoms with Crippen LogP contribution < -0.4 is 4.90 Å². The highest BCUT2D eigenvalue weighted by Gasteiger charge is 2.23. The molecule has 5 nitrogen and oxygen atoms in total. The number of benzene rings is 1. The van der Waals surface area contributed by atoms with Gasteiger partial charge in [0.1, 0.15) is 18.0 Å². The minimum absolute atomic E-state index is 0.00805. The van der Waals surface area contributed by atoms with E-state index in [2.05, 4.69) is 42.9 Å². The second kappa shape index (κ2) is 6.20. The lowest BCUT2D eigenvalue weighted by Gasteiger charge is -2.33. The van der Waals surface area contributed by atoms with Gasteiger partial charge in [0.15, 0.2) is 5.69 Å². The van der Waals surface area contributed by atoms with Crippen LogP contribution in [0.15, 0.2) is 41.1 Å². The van der Waals surface area contributed by atoms with Gasteiger partial charge < -0.3 is 9.64 Å². The lowest BCUT2D eigenvalue weighted by atomic mass is 10.1. The molecule has 21 heavy (non-hydrogen) atoms. The standard InChI is InChI=1S/C15H13BrN4O/c16-12-3-1-2-11(6-12)14-10-20(4-5-21-14)15-9-18-13(7-17)8-19-15/h1-3,6,8-9,14H,4-5,10H2. The molecule has 1 saturated heterocycles. The number of nitrogens with zero attached hydrogens (tertiary/aromatic N) is 4. The molecule has 6 heteroatoms. The summed E-state index contributed by atoms with van der Waals surface area (Å²) in [5, 5.41) is 8.76. The van der Waals surface area contributed by atoms with Crippen LogP contribution in [0.25, 0.3) is 0 Å². The zero-order valence-electron chi connectivity index (χ0n) is 11.2. The van der Waals surface area contributed by atoms with Gasteiger partial charge in [0.2, 0.25) is 0 Å². The molecule has 0 saturated carbocycles. The molecule has 2 aromatic rings. The molecule has 3 rings (SSSR count). The van der Waals surface area contributed by atoms with Gasteiger partial charge in [-0.25, -0.2) is 9.97 Å². The molecule has 1 aromatic carbocycles. The summed E-state index contributed by atoms with van der Waals surface area (Å²) < 4.78 is 6.89. The fourth-order valence-corrected chi connectivity index (χ4v) is 2.73. The van der Waals surface area contributed by atoms with Crippen LogP contribution in [0, 0.1) is 11.3 Å². The molecule has 0 radical (unpaired) electrons. The number of aromatic nitrogens is 2. The number of rotatable bonds is 2. The Morgan fingerprint density at radius 1 is 1.33 bits per heavy atom. The van der Waals surface area contributed by atoms with E-state index in [9.17, 15) is 0 Å². The van der Waals surface area contributed by atoms with Gasteiger partial charge in [-0.05, 0) is 17.7 Å². The minimum Gasteiger partial charge on any atom is -0.370 e. The van der Waals surface area contributed by atoms with Crippen LogP contribution in [0.4, 0.5) is 5.82 Å². The summed E-state index contributed by atoms with van der Waals surface area (Å²) in [7, 11) is 0. The quantitative estimate of drug-likeness (QED) is 0.838. The van der Waals surface area contributed by atoms with E-state index in [1.54, 1.807) is 6.20 Å². The topological polar surface area (TPSA) is 62.0 Å². The average molecular weight is 345 g/mol. The molecule has 1 aromatic heterocycles. The van der Waals surface area contributed by atoms with Crippen LogP contribution in [0.2, 0.25) is 0 Å². The molecular formula is C15H13BrN4O. The van der Waals surface area contributed by atoms with E-state index >= 15 is 0 Å². The molecule has 1 fully saturated rings. The Bertz CT molecular complexity index is 668. The van der Waals surface area contributed by atoms with E-state index in [1.807, 2.05) is 18.2 Å². The molecular weight excluding hydrogens is 332 g/mol. The third kappa shape index (κ3) is 3.20. The second-order valence-electron chi connectivity index (χ2n) is 4.73. The van der Waals surface area contributed by atoms with Crippen LogP contribution in [-0.4, -0.2) is 29.7 Å². The van der Waals surface area contributed by atoms with Gasteiger partial charge >= 0.3 is 0 Å². The second-order valence-corrected chi connectivity index (χ2v) is 5.65. The Hall–Kier alpha value is -1.97. The van der Waals surface area contributed by atoms with Crippen LogP contribution in [0.5, 0.6) is 0 Å². The number of hydrogen-bond donors (Lipinski definition) is 0. The smallest absolute Gasteiger partial charge is 0.158 e. The third-order valence-corrected chi connectivity index (χ3v) is 3.86. The molecule has 1 atom stereocenters. The molecule has 1 unspecified atom stereocenters. The van der Waals surface area contributed by atoms with E-state index in [1.165, 1.54) is 6.20 Å². The van der Waals surface area contributed by atoms with E-state index in [0.717, 1.165) is 28.9 Å². The van der Waals surface area contributed by atoms with Crippen molar-refractivity contribution in [2.24, 2.45) is 0 Å². The van der Waals surface area contributed by atoms with Gasteiger partial charge in [-0.3, -0.25) is 0 Å². The Balaban J connectivity index is 1.77. The molecule has 1 aliphatic rings. The van der Waals surface area contributed by atoms with Crippen molar-refractivity contribution in [1.82, 2.24) is 9.97 Å². The molecule has 1 aliphatic heterocycles. The molecule has 106 valence electrons. The highest BCUT2D eigenvalue weighted by molar-refractivity contribution is 9.10. The van der Waals surface area contributed by atoms with Gasteiger partial charge in [0, 0.05) is 17.6 Å². The molecule has 0 bridgehead atoms. The molecule has 0 N–H and O–H groups in total. The first kappa shape index (κ1) is 14.0. The Labute approximate surface area is 131 Å². The average Bonchev–Trinajstić information content (AvgIpc) is 2.55. The lowest BCUT2D eigenvalue weighted by molar-refractivity contribution is 0.0394. The van der Waals surface area contributed by atoms with Gasteiger partial charge in [0.25, 0.3) is 0 Å². The minimum atomic E-state index is 0.00805. The van der Waals surface area contributed by atoms with Crippen molar-refractivity contribution >= 4 is 21.7 Å². The maximum Gasteiger partial charge on any atom is 0.158 e. The van der Waals surface area contributed by atoms with Crippen molar-refractivity contribution in [1.29, 1.82) is 5.26 Å². The number of hydrogen-bond acceptors (Lipinski definition) is 5.